The van der Waals surface area contributed by atoms with Gasteiger partial charge in [-0.3, -0.25) is 0 Å². The second-order valence-electron chi connectivity index (χ2n) is 13.2. The zero-order valence-corrected chi connectivity index (χ0v) is 25.3. The van der Waals surface area contributed by atoms with E-state index >= 15 is 0 Å². The molecule has 0 bridgehead atoms. The van der Waals surface area contributed by atoms with Crippen LogP contribution in [0.2, 0.25) is 0 Å². The Hall–Kier alpha value is -5.02. The molecule has 0 radical (unpaired) electrons. The second kappa shape index (κ2) is 9.49. The molecule has 2 aliphatic carbocycles. The fourth-order valence-electron chi connectivity index (χ4n) is 9.35. The first-order valence-corrected chi connectivity index (χ1v) is 16.5. The van der Waals surface area contributed by atoms with Gasteiger partial charge >= 0.3 is 0 Å². The molecule has 1 saturated carbocycles. The van der Waals surface area contributed by atoms with E-state index in [-0.39, 0.29) is 12.1 Å². The van der Waals surface area contributed by atoms with Crippen LogP contribution in [0.25, 0.3) is 11.1 Å². The molecule has 0 aromatic heterocycles. The van der Waals surface area contributed by atoms with E-state index in [1.165, 1.54) is 105 Å². The molecule has 0 N–H and O–H groups in total. The summed E-state index contributed by atoms with van der Waals surface area (Å²) in [5.74, 6) is 0. The molecule has 2 heterocycles. The van der Waals surface area contributed by atoms with Gasteiger partial charge in [0.05, 0.1) is 5.69 Å². The Bertz CT molecular complexity index is 2130. The second-order valence-corrected chi connectivity index (χ2v) is 13.2. The van der Waals surface area contributed by atoms with Gasteiger partial charge in [0.2, 0.25) is 0 Å². The summed E-state index contributed by atoms with van der Waals surface area (Å²) in [5.41, 5.74) is 17.8. The van der Waals surface area contributed by atoms with E-state index in [0.29, 0.717) is 0 Å². The van der Waals surface area contributed by atoms with E-state index < -0.39 is 0 Å². The van der Waals surface area contributed by atoms with Crippen LogP contribution >= 0.6 is 0 Å². The molecular weight excluding hydrogens is 543 g/mol. The van der Waals surface area contributed by atoms with Crippen molar-refractivity contribution in [1.82, 2.24) is 0 Å². The summed E-state index contributed by atoms with van der Waals surface area (Å²) in [4.78, 5) is 5.10. The first kappa shape index (κ1) is 25.3. The van der Waals surface area contributed by atoms with E-state index in [0.717, 1.165) is 0 Å². The molecule has 45 heavy (non-hydrogen) atoms. The molecule has 3 heteroatoms. The van der Waals surface area contributed by atoms with Crippen LogP contribution in [-0.2, 0) is 5.41 Å². The first-order valence-electron chi connectivity index (χ1n) is 16.5. The number of anilines is 6. The van der Waals surface area contributed by atoms with E-state index in [9.17, 15) is 0 Å². The number of para-hydroxylation sites is 3. The minimum atomic E-state index is 0.0596. The molecular formula is C42H33BN2. The molecule has 10 rings (SSSR count). The van der Waals surface area contributed by atoms with Crippen LogP contribution in [0.3, 0.4) is 0 Å². The number of fused-ring (bicyclic) bond motifs is 9. The average molecular weight is 577 g/mol. The third-order valence-electron chi connectivity index (χ3n) is 11.0. The number of nitrogens with zero attached hydrogens (tertiary/aromatic N) is 2. The highest BCUT2D eigenvalue weighted by Gasteiger charge is 2.48. The highest BCUT2D eigenvalue weighted by atomic mass is 15.2. The van der Waals surface area contributed by atoms with Crippen LogP contribution in [0, 0.1) is 0 Å². The maximum atomic E-state index is 2.63. The Morgan fingerprint density at radius 1 is 0.444 bits per heavy atom. The maximum absolute atomic E-state index is 2.63. The predicted octanol–water partition coefficient (Wildman–Crippen LogP) is 9.00. The van der Waals surface area contributed by atoms with Crippen LogP contribution < -0.4 is 26.2 Å². The highest BCUT2D eigenvalue weighted by molar-refractivity contribution is 7.00. The molecule has 6 aromatic rings. The summed E-state index contributed by atoms with van der Waals surface area (Å²) in [7, 11) is 0. The van der Waals surface area contributed by atoms with Crippen molar-refractivity contribution in [3.63, 3.8) is 0 Å². The monoisotopic (exact) mass is 576 g/mol. The van der Waals surface area contributed by atoms with Crippen LogP contribution in [0.4, 0.5) is 34.1 Å². The minimum absolute atomic E-state index is 0.0596. The molecule has 0 saturated heterocycles. The van der Waals surface area contributed by atoms with Crippen molar-refractivity contribution in [3.8, 4) is 11.1 Å². The van der Waals surface area contributed by atoms with Gasteiger partial charge < -0.3 is 9.80 Å². The number of rotatable bonds is 2. The molecule has 0 amide bonds. The van der Waals surface area contributed by atoms with Gasteiger partial charge in [0.25, 0.3) is 6.71 Å². The predicted molar refractivity (Wildman–Crippen MR) is 190 cm³/mol. The van der Waals surface area contributed by atoms with Gasteiger partial charge in [-0.05, 0) is 93.9 Å². The number of hydrogen-bond donors (Lipinski definition) is 0. The molecule has 4 aliphatic rings. The van der Waals surface area contributed by atoms with Crippen LogP contribution in [0.15, 0.2) is 140 Å². The molecule has 2 aliphatic heterocycles. The van der Waals surface area contributed by atoms with Crippen molar-refractivity contribution in [2.24, 2.45) is 0 Å². The van der Waals surface area contributed by atoms with Crippen molar-refractivity contribution >= 4 is 57.2 Å². The average Bonchev–Trinajstić information content (AvgIpc) is 3.38. The number of benzene rings is 6. The fraction of sp³-hybridized carbons (Fsp3) is 0.143. The summed E-state index contributed by atoms with van der Waals surface area (Å²) in [6.45, 7) is 0.164. The van der Waals surface area contributed by atoms with Crippen LogP contribution in [0.5, 0.6) is 0 Å². The standard InChI is InChI=1S/C42H33BN2/c1-3-15-29(16-4-1)44-35-22-9-7-20-33(35)43-34-21-8-10-23-36(34)45(39-26-14-25-38(44)41(39)43)37-24-13-18-31-30-17-5-6-19-32(30)42(40(31)37)27-11-2-12-28-42/h1,3-10,13-26H,2,11-12,27-28H2. The molecule has 2 nitrogen and oxygen atoms in total. The van der Waals surface area contributed by atoms with E-state index in [4.69, 9.17) is 0 Å². The summed E-state index contributed by atoms with van der Waals surface area (Å²) < 4.78 is 0. The normalized spacial score (nSPS) is 16.5. The van der Waals surface area contributed by atoms with Gasteiger partial charge in [-0.2, -0.15) is 0 Å². The zero-order chi connectivity index (χ0) is 29.5. The molecule has 1 spiro atoms. The van der Waals surface area contributed by atoms with E-state index in [1.54, 1.807) is 0 Å². The molecule has 1 fully saturated rings. The summed E-state index contributed by atoms with van der Waals surface area (Å²) in [6.07, 6.45) is 6.33. The van der Waals surface area contributed by atoms with Gasteiger partial charge in [0.15, 0.2) is 0 Å². The van der Waals surface area contributed by atoms with Crippen LogP contribution in [0.1, 0.15) is 43.2 Å². The third kappa shape index (κ3) is 3.36. The Kier molecular flexibility index (Phi) is 5.34. The SMILES string of the molecule is c1ccc(N2c3ccccc3B3c4ccccc4N(c4cccc5c4C4(CCCCC4)c4ccccc4-5)c4cccc2c43)cc1. The lowest BCUT2D eigenvalue weighted by Gasteiger charge is -2.45. The highest BCUT2D eigenvalue weighted by Crippen LogP contribution is 2.59. The Morgan fingerprint density at radius 2 is 1.00 bits per heavy atom. The van der Waals surface area contributed by atoms with Crippen molar-refractivity contribution in [1.29, 1.82) is 0 Å². The zero-order valence-electron chi connectivity index (χ0n) is 25.3. The molecule has 0 unspecified atom stereocenters. The van der Waals surface area contributed by atoms with Gasteiger partial charge in [-0.25, -0.2) is 0 Å². The lowest BCUT2D eigenvalue weighted by Crippen LogP contribution is -2.61. The van der Waals surface area contributed by atoms with E-state index in [1.807, 2.05) is 0 Å². The van der Waals surface area contributed by atoms with Crippen molar-refractivity contribution in [3.05, 3.63) is 151 Å². The maximum Gasteiger partial charge on any atom is 0.252 e. The quantitative estimate of drug-likeness (QED) is 0.190. The fourth-order valence-corrected chi connectivity index (χ4v) is 9.35. The Balaban J connectivity index is 1.28. The number of hydrogen-bond acceptors (Lipinski definition) is 2. The lowest BCUT2D eigenvalue weighted by atomic mass is 9.33. The smallest absolute Gasteiger partial charge is 0.252 e. The minimum Gasteiger partial charge on any atom is -0.311 e. The molecule has 0 atom stereocenters. The third-order valence-corrected chi connectivity index (χ3v) is 11.0. The first-order chi connectivity index (χ1) is 22.4. The Labute approximate surface area is 265 Å². The molecule has 6 aromatic carbocycles. The van der Waals surface area contributed by atoms with Gasteiger partial charge in [0.1, 0.15) is 0 Å². The van der Waals surface area contributed by atoms with Crippen LogP contribution in [-0.4, -0.2) is 6.71 Å². The van der Waals surface area contributed by atoms with Crippen molar-refractivity contribution in [2.45, 2.75) is 37.5 Å². The summed E-state index contributed by atoms with van der Waals surface area (Å²) >= 11 is 0. The Morgan fingerprint density at radius 3 is 1.78 bits per heavy atom. The van der Waals surface area contributed by atoms with Gasteiger partial charge in [-0.1, -0.05) is 116 Å². The van der Waals surface area contributed by atoms with Gasteiger partial charge in [0, 0.05) is 33.9 Å². The van der Waals surface area contributed by atoms with E-state index in [2.05, 4.69) is 149 Å². The lowest BCUT2D eigenvalue weighted by molar-refractivity contribution is 0.353. The topological polar surface area (TPSA) is 6.48 Å². The molecule has 214 valence electrons. The van der Waals surface area contributed by atoms with Gasteiger partial charge in [-0.15, -0.1) is 0 Å². The summed E-state index contributed by atoms with van der Waals surface area (Å²) in [5, 5.41) is 0. The largest absolute Gasteiger partial charge is 0.311 e. The van der Waals surface area contributed by atoms with Crippen molar-refractivity contribution in [2.75, 3.05) is 9.80 Å². The van der Waals surface area contributed by atoms with Crippen molar-refractivity contribution < 1.29 is 0 Å². The summed E-state index contributed by atoms with van der Waals surface area (Å²) in [6, 6.07) is 52.4.